The van der Waals surface area contributed by atoms with Gasteiger partial charge in [-0.15, -0.1) is 0 Å². The van der Waals surface area contributed by atoms with Gasteiger partial charge in [-0.3, -0.25) is 0 Å². The highest BCUT2D eigenvalue weighted by Gasteiger charge is 2.20. The molecule has 0 heterocycles. The van der Waals surface area contributed by atoms with Gasteiger partial charge in [0.15, 0.2) is 0 Å². The standard InChI is InChI=1S/C15H20O/c1-12-7-10-15(16)14(11-12)9-8-13-5-3-2-4-6-13/h2-6,11,14-16H,7-10H2,1H3. The summed E-state index contributed by atoms with van der Waals surface area (Å²) in [5.74, 6) is 0.356. The van der Waals surface area contributed by atoms with E-state index in [9.17, 15) is 5.11 Å². The molecule has 1 nitrogen and oxygen atoms in total. The third-order valence-electron chi connectivity index (χ3n) is 3.44. The van der Waals surface area contributed by atoms with Gasteiger partial charge < -0.3 is 5.11 Å². The minimum atomic E-state index is -0.132. The van der Waals surface area contributed by atoms with E-state index in [1.54, 1.807) is 0 Å². The Kier molecular flexibility index (Phi) is 3.79. The van der Waals surface area contributed by atoms with Crippen LogP contribution in [0, 0.1) is 5.92 Å². The Morgan fingerprint density at radius 3 is 2.75 bits per heavy atom. The van der Waals surface area contributed by atoms with Crippen LogP contribution in [0.5, 0.6) is 0 Å². The first kappa shape index (κ1) is 11.4. The summed E-state index contributed by atoms with van der Waals surface area (Å²) in [7, 11) is 0. The summed E-state index contributed by atoms with van der Waals surface area (Å²) in [6.07, 6.45) is 6.24. The maximum atomic E-state index is 9.92. The van der Waals surface area contributed by atoms with Crippen LogP contribution < -0.4 is 0 Å². The summed E-state index contributed by atoms with van der Waals surface area (Å²) in [5, 5.41) is 9.92. The highest BCUT2D eigenvalue weighted by Crippen LogP contribution is 2.26. The summed E-state index contributed by atoms with van der Waals surface area (Å²) in [5.41, 5.74) is 2.80. The van der Waals surface area contributed by atoms with E-state index in [-0.39, 0.29) is 6.10 Å². The van der Waals surface area contributed by atoms with Crippen molar-refractivity contribution in [3.05, 3.63) is 47.5 Å². The van der Waals surface area contributed by atoms with Crippen LogP contribution in [0.2, 0.25) is 0 Å². The van der Waals surface area contributed by atoms with Gasteiger partial charge in [-0.1, -0.05) is 42.0 Å². The van der Waals surface area contributed by atoms with Crippen molar-refractivity contribution in [1.82, 2.24) is 0 Å². The van der Waals surface area contributed by atoms with E-state index in [1.807, 2.05) is 6.07 Å². The van der Waals surface area contributed by atoms with Crippen molar-refractivity contribution >= 4 is 0 Å². The fourth-order valence-electron chi connectivity index (χ4n) is 2.40. The Balaban J connectivity index is 1.92. The summed E-state index contributed by atoms with van der Waals surface area (Å²) in [6, 6.07) is 10.5. The molecule has 86 valence electrons. The molecule has 1 heteroatoms. The van der Waals surface area contributed by atoms with Gasteiger partial charge in [0.1, 0.15) is 0 Å². The molecule has 0 aliphatic heterocycles. The molecule has 0 bridgehead atoms. The number of aryl methyl sites for hydroxylation is 1. The van der Waals surface area contributed by atoms with E-state index in [4.69, 9.17) is 0 Å². The number of benzene rings is 1. The number of rotatable bonds is 3. The largest absolute Gasteiger partial charge is 0.393 e. The lowest BCUT2D eigenvalue weighted by molar-refractivity contribution is 0.110. The number of hydrogen-bond acceptors (Lipinski definition) is 1. The van der Waals surface area contributed by atoms with E-state index in [1.165, 1.54) is 11.1 Å². The quantitative estimate of drug-likeness (QED) is 0.768. The number of allylic oxidation sites excluding steroid dienone is 1. The smallest absolute Gasteiger partial charge is 0.0606 e. The van der Waals surface area contributed by atoms with Crippen molar-refractivity contribution in [2.75, 3.05) is 0 Å². The molecule has 1 aliphatic rings. The fraction of sp³-hybridized carbons (Fsp3) is 0.467. The zero-order chi connectivity index (χ0) is 11.4. The highest BCUT2D eigenvalue weighted by atomic mass is 16.3. The Morgan fingerprint density at radius 2 is 2.00 bits per heavy atom. The molecule has 0 amide bonds. The minimum absolute atomic E-state index is 0.132. The van der Waals surface area contributed by atoms with Crippen LogP contribution in [0.4, 0.5) is 0 Å². The molecule has 0 radical (unpaired) electrons. The summed E-state index contributed by atoms with van der Waals surface area (Å²) < 4.78 is 0. The van der Waals surface area contributed by atoms with Crippen molar-refractivity contribution in [2.45, 2.75) is 38.7 Å². The zero-order valence-corrected chi connectivity index (χ0v) is 9.89. The molecule has 2 rings (SSSR count). The van der Waals surface area contributed by atoms with Crippen molar-refractivity contribution < 1.29 is 5.11 Å². The summed E-state index contributed by atoms with van der Waals surface area (Å²) in [6.45, 7) is 2.17. The SMILES string of the molecule is CC1=CC(CCc2ccccc2)C(O)CC1. The van der Waals surface area contributed by atoms with Crippen LogP contribution in [-0.4, -0.2) is 11.2 Å². The van der Waals surface area contributed by atoms with E-state index >= 15 is 0 Å². The maximum absolute atomic E-state index is 9.92. The van der Waals surface area contributed by atoms with Crippen LogP contribution in [0.25, 0.3) is 0 Å². The van der Waals surface area contributed by atoms with Gasteiger partial charge in [0.05, 0.1) is 6.10 Å². The Bertz CT molecular complexity index is 353. The molecule has 1 aliphatic carbocycles. The molecule has 1 aromatic rings. The van der Waals surface area contributed by atoms with Gasteiger partial charge in [-0.05, 0) is 38.2 Å². The number of hydrogen-bond donors (Lipinski definition) is 1. The molecular formula is C15H20O. The molecule has 0 spiro atoms. The molecule has 16 heavy (non-hydrogen) atoms. The first-order chi connectivity index (χ1) is 7.75. The van der Waals surface area contributed by atoms with E-state index in [0.717, 1.165) is 25.7 Å². The second-order valence-corrected chi connectivity index (χ2v) is 4.81. The first-order valence-corrected chi connectivity index (χ1v) is 6.15. The molecule has 0 fully saturated rings. The molecule has 0 saturated heterocycles. The fourth-order valence-corrected chi connectivity index (χ4v) is 2.40. The van der Waals surface area contributed by atoms with E-state index in [0.29, 0.717) is 5.92 Å². The number of aliphatic hydroxyl groups excluding tert-OH is 1. The normalized spacial score (nSPS) is 25.2. The third-order valence-corrected chi connectivity index (χ3v) is 3.44. The Hall–Kier alpha value is -1.08. The van der Waals surface area contributed by atoms with E-state index < -0.39 is 0 Å². The topological polar surface area (TPSA) is 20.2 Å². The zero-order valence-electron chi connectivity index (χ0n) is 9.89. The second kappa shape index (κ2) is 5.31. The Morgan fingerprint density at radius 1 is 1.25 bits per heavy atom. The second-order valence-electron chi connectivity index (χ2n) is 4.81. The molecule has 0 saturated carbocycles. The molecular weight excluding hydrogens is 196 g/mol. The van der Waals surface area contributed by atoms with Crippen molar-refractivity contribution in [1.29, 1.82) is 0 Å². The van der Waals surface area contributed by atoms with Crippen molar-refractivity contribution in [3.63, 3.8) is 0 Å². The van der Waals surface area contributed by atoms with Gasteiger partial charge in [0.2, 0.25) is 0 Å². The monoisotopic (exact) mass is 216 g/mol. The van der Waals surface area contributed by atoms with E-state index in [2.05, 4.69) is 37.3 Å². The average Bonchev–Trinajstić information content (AvgIpc) is 2.32. The molecule has 1 aromatic carbocycles. The van der Waals surface area contributed by atoms with Gasteiger partial charge in [-0.25, -0.2) is 0 Å². The van der Waals surface area contributed by atoms with Crippen LogP contribution in [0.3, 0.4) is 0 Å². The predicted molar refractivity (Wildman–Crippen MR) is 67.3 cm³/mol. The number of aliphatic hydroxyl groups is 1. The minimum Gasteiger partial charge on any atom is -0.393 e. The third kappa shape index (κ3) is 2.96. The van der Waals surface area contributed by atoms with Crippen molar-refractivity contribution in [3.8, 4) is 0 Å². The lowest BCUT2D eigenvalue weighted by atomic mass is 9.85. The summed E-state index contributed by atoms with van der Waals surface area (Å²) >= 11 is 0. The molecule has 2 unspecified atom stereocenters. The lowest BCUT2D eigenvalue weighted by Crippen LogP contribution is -2.23. The maximum Gasteiger partial charge on any atom is 0.0606 e. The van der Waals surface area contributed by atoms with Gasteiger partial charge in [0.25, 0.3) is 0 Å². The first-order valence-electron chi connectivity index (χ1n) is 6.15. The van der Waals surface area contributed by atoms with Crippen LogP contribution in [0.1, 0.15) is 31.7 Å². The average molecular weight is 216 g/mol. The lowest BCUT2D eigenvalue weighted by Gasteiger charge is -2.25. The van der Waals surface area contributed by atoms with Crippen LogP contribution >= 0.6 is 0 Å². The van der Waals surface area contributed by atoms with Gasteiger partial charge >= 0.3 is 0 Å². The van der Waals surface area contributed by atoms with Crippen molar-refractivity contribution in [2.24, 2.45) is 5.92 Å². The predicted octanol–water partition coefficient (Wildman–Crippen LogP) is 3.34. The molecule has 0 aromatic heterocycles. The highest BCUT2D eigenvalue weighted by molar-refractivity contribution is 5.16. The summed E-state index contributed by atoms with van der Waals surface area (Å²) in [4.78, 5) is 0. The van der Waals surface area contributed by atoms with Gasteiger partial charge in [0, 0.05) is 5.92 Å². The molecule has 2 atom stereocenters. The molecule has 1 N–H and O–H groups in total. The van der Waals surface area contributed by atoms with Gasteiger partial charge in [-0.2, -0.15) is 0 Å². The van der Waals surface area contributed by atoms with Crippen LogP contribution in [-0.2, 0) is 6.42 Å². The Labute approximate surface area is 97.8 Å². The van der Waals surface area contributed by atoms with Crippen LogP contribution in [0.15, 0.2) is 42.0 Å².